The van der Waals surface area contributed by atoms with Gasteiger partial charge in [0.2, 0.25) is 5.24 Å². The van der Waals surface area contributed by atoms with Crippen LogP contribution in [0.4, 0.5) is 0 Å². The molecule has 86 valence electrons. The van der Waals surface area contributed by atoms with Crippen LogP contribution in [-0.4, -0.2) is 5.24 Å². The first-order valence-corrected chi connectivity index (χ1v) is 5.62. The second kappa shape index (κ2) is 5.51. The van der Waals surface area contributed by atoms with Crippen molar-refractivity contribution in [3.05, 3.63) is 60.2 Å². The number of benzene rings is 2. The van der Waals surface area contributed by atoms with Gasteiger partial charge in [0, 0.05) is 6.42 Å². The molecule has 0 fully saturated rings. The molecule has 0 amide bonds. The fourth-order valence-electron chi connectivity index (χ4n) is 1.46. The van der Waals surface area contributed by atoms with Gasteiger partial charge in [-0.15, -0.1) is 0 Å². The van der Waals surface area contributed by atoms with Crippen LogP contribution in [0.25, 0.3) is 0 Å². The van der Waals surface area contributed by atoms with Crippen LogP contribution >= 0.6 is 11.6 Å². The van der Waals surface area contributed by atoms with Crippen LogP contribution in [0.5, 0.6) is 11.5 Å². The molecule has 0 aromatic heterocycles. The summed E-state index contributed by atoms with van der Waals surface area (Å²) in [6.45, 7) is 0. The summed E-state index contributed by atoms with van der Waals surface area (Å²) in [6, 6.07) is 16.8. The minimum absolute atomic E-state index is 0.243. The van der Waals surface area contributed by atoms with Crippen LogP contribution in [0.3, 0.4) is 0 Å². The maximum atomic E-state index is 10.7. The summed E-state index contributed by atoms with van der Waals surface area (Å²) in [6.07, 6.45) is 0.243. The normalized spacial score (nSPS) is 9.94. The number of carbonyl (C=O) groups excluding carboxylic acids is 1. The Bertz CT molecular complexity index is 491. The Morgan fingerprint density at radius 2 is 1.53 bits per heavy atom. The molecule has 0 atom stereocenters. The quantitative estimate of drug-likeness (QED) is 0.768. The molecule has 0 bridgehead atoms. The number of ether oxygens (including phenoxy) is 1. The number of halogens is 1. The Balaban J connectivity index is 2.06. The van der Waals surface area contributed by atoms with Gasteiger partial charge in [-0.05, 0) is 41.4 Å². The monoisotopic (exact) mass is 246 g/mol. The number of carbonyl (C=O) groups is 1. The van der Waals surface area contributed by atoms with Crippen LogP contribution in [0.2, 0.25) is 0 Å². The van der Waals surface area contributed by atoms with Crippen LogP contribution in [0.1, 0.15) is 5.56 Å². The molecule has 2 aromatic rings. The predicted octanol–water partition coefficient (Wildman–Crippen LogP) is 3.79. The summed E-state index contributed by atoms with van der Waals surface area (Å²) in [4.78, 5) is 10.7. The van der Waals surface area contributed by atoms with Crippen molar-refractivity contribution in [1.29, 1.82) is 0 Å². The van der Waals surface area contributed by atoms with Gasteiger partial charge in [0.25, 0.3) is 0 Å². The van der Waals surface area contributed by atoms with Crippen molar-refractivity contribution in [3.8, 4) is 11.5 Å². The smallest absolute Gasteiger partial charge is 0.226 e. The molecule has 3 heteroatoms. The predicted molar refractivity (Wildman–Crippen MR) is 67.5 cm³/mol. The number of hydrogen-bond acceptors (Lipinski definition) is 2. The van der Waals surface area contributed by atoms with E-state index in [-0.39, 0.29) is 11.7 Å². The molecular weight excluding hydrogens is 236 g/mol. The molecule has 0 radical (unpaired) electrons. The highest BCUT2D eigenvalue weighted by Gasteiger charge is 2.00. The lowest BCUT2D eigenvalue weighted by Gasteiger charge is -2.05. The average molecular weight is 247 g/mol. The Kier molecular flexibility index (Phi) is 3.78. The third-order valence-electron chi connectivity index (χ3n) is 2.25. The van der Waals surface area contributed by atoms with Crippen molar-refractivity contribution < 1.29 is 9.53 Å². The number of para-hydroxylation sites is 1. The standard InChI is InChI=1S/C14H11ClO2/c15-14(16)10-11-6-8-13(9-7-11)17-12-4-2-1-3-5-12/h1-9H,10H2. The summed E-state index contributed by atoms with van der Waals surface area (Å²) < 4.78 is 5.62. The van der Waals surface area contributed by atoms with Crippen LogP contribution in [-0.2, 0) is 11.2 Å². The molecule has 0 N–H and O–H groups in total. The van der Waals surface area contributed by atoms with Crippen molar-refractivity contribution in [1.82, 2.24) is 0 Å². The lowest BCUT2D eigenvalue weighted by atomic mass is 10.1. The molecule has 0 unspecified atom stereocenters. The summed E-state index contributed by atoms with van der Waals surface area (Å²) in [7, 11) is 0. The van der Waals surface area contributed by atoms with Crippen molar-refractivity contribution in [3.63, 3.8) is 0 Å². The van der Waals surface area contributed by atoms with E-state index in [1.807, 2.05) is 54.6 Å². The highest BCUT2D eigenvalue weighted by molar-refractivity contribution is 6.63. The summed E-state index contributed by atoms with van der Waals surface area (Å²) in [5.74, 6) is 1.52. The first kappa shape index (κ1) is 11.7. The molecule has 0 aliphatic rings. The zero-order chi connectivity index (χ0) is 12.1. The molecule has 2 aromatic carbocycles. The Hall–Kier alpha value is -1.80. The van der Waals surface area contributed by atoms with E-state index in [0.717, 1.165) is 17.1 Å². The second-order valence-corrected chi connectivity index (χ2v) is 4.01. The lowest BCUT2D eigenvalue weighted by molar-refractivity contribution is -0.111. The van der Waals surface area contributed by atoms with E-state index < -0.39 is 0 Å². The minimum atomic E-state index is -0.360. The Morgan fingerprint density at radius 3 is 2.12 bits per heavy atom. The average Bonchev–Trinajstić information content (AvgIpc) is 2.32. The van der Waals surface area contributed by atoms with Gasteiger partial charge in [-0.25, -0.2) is 0 Å². The number of rotatable bonds is 4. The zero-order valence-electron chi connectivity index (χ0n) is 9.10. The fraction of sp³-hybridized carbons (Fsp3) is 0.0714. The van der Waals surface area contributed by atoms with Gasteiger partial charge in [-0.1, -0.05) is 30.3 Å². The third kappa shape index (κ3) is 3.61. The summed E-state index contributed by atoms with van der Waals surface area (Å²) in [5.41, 5.74) is 0.880. The second-order valence-electron chi connectivity index (χ2n) is 3.59. The molecule has 0 aliphatic carbocycles. The maximum Gasteiger partial charge on any atom is 0.226 e. The first-order chi connectivity index (χ1) is 8.24. The first-order valence-electron chi connectivity index (χ1n) is 5.24. The number of hydrogen-bond donors (Lipinski definition) is 0. The van der Waals surface area contributed by atoms with Gasteiger partial charge >= 0.3 is 0 Å². The Labute approximate surface area is 105 Å². The lowest BCUT2D eigenvalue weighted by Crippen LogP contribution is -1.93. The van der Waals surface area contributed by atoms with Gasteiger partial charge in [-0.2, -0.15) is 0 Å². The van der Waals surface area contributed by atoms with E-state index in [1.54, 1.807) is 0 Å². The van der Waals surface area contributed by atoms with Crippen LogP contribution < -0.4 is 4.74 Å². The largest absolute Gasteiger partial charge is 0.457 e. The Morgan fingerprint density at radius 1 is 0.941 bits per heavy atom. The molecule has 0 aliphatic heterocycles. The molecule has 0 saturated heterocycles. The SMILES string of the molecule is O=C(Cl)Cc1ccc(Oc2ccccc2)cc1. The zero-order valence-corrected chi connectivity index (χ0v) is 9.85. The van der Waals surface area contributed by atoms with E-state index in [1.165, 1.54) is 0 Å². The van der Waals surface area contributed by atoms with E-state index >= 15 is 0 Å². The third-order valence-corrected chi connectivity index (χ3v) is 2.38. The summed E-state index contributed by atoms with van der Waals surface area (Å²) >= 11 is 5.31. The van der Waals surface area contributed by atoms with Gasteiger partial charge in [-0.3, -0.25) is 4.79 Å². The van der Waals surface area contributed by atoms with Gasteiger partial charge in [0.05, 0.1) is 0 Å². The van der Waals surface area contributed by atoms with Crippen LogP contribution in [0.15, 0.2) is 54.6 Å². The minimum Gasteiger partial charge on any atom is -0.457 e. The highest BCUT2D eigenvalue weighted by Crippen LogP contribution is 2.21. The molecule has 0 heterocycles. The van der Waals surface area contributed by atoms with Crippen LogP contribution in [0, 0.1) is 0 Å². The van der Waals surface area contributed by atoms with Crippen molar-refractivity contribution in [2.24, 2.45) is 0 Å². The molecule has 0 spiro atoms. The molecule has 2 nitrogen and oxygen atoms in total. The van der Waals surface area contributed by atoms with Gasteiger partial charge < -0.3 is 4.74 Å². The molecular formula is C14H11ClO2. The fourth-order valence-corrected chi connectivity index (χ4v) is 1.61. The van der Waals surface area contributed by atoms with Gasteiger partial charge in [0.15, 0.2) is 0 Å². The van der Waals surface area contributed by atoms with E-state index in [9.17, 15) is 4.79 Å². The van der Waals surface area contributed by atoms with Gasteiger partial charge in [0.1, 0.15) is 11.5 Å². The van der Waals surface area contributed by atoms with E-state index in [2.05, 4.69) is 0 Å². The van der Waals surface area contributed by atoms with E-state index in [0.29, 0.717) is 0 Å². The highest BCUT2D eigenvalue weighted by atomic mass is 35.5. The summed E-state index contributed by atoms with van der Waals surface area (Å²) in [5, 5.41) is -0.360. The molecule has 0 saturated carbocycles. The van der Waals surface area contributed by atoms with Crippen molar-refractivity contribution in [2.45, 2.75) is 6.42 Å². The molecule has 2 rings (SSSR count). The van der Waals surface area contributed by atoms with Crippen molar-refractivity contribution >= 4 is 16.8 Å². The maximum absolute atomic E-state index is 10.7. The van der Waals surface area contributed by atoms with Crippen molar-refractivity contribution in [2.75, 3.05) is 0 Å². The van der Waals surface area contributed by atoms with E-state index in [4.69, 9.17) is 16.3 Å². The molecule has 17 heavy (non-hydrogen) atoms. The topological polar surface area (TPSA) is 26.3 Å².